The van der Waals surface area contributed by atoms with Gasteiger partial charge in [0.25, 0.3) is 0 Å². The molecule has 10 heteroatoms. The first kappa shape index (κ1) is 23.1. The third-order valence-corrected chi connectivity index (χ3v) is 6.81. The summed E-state index contributed by atoms with van der Waals surface area (Å²) in [5, 5.41) is 5.17. The Morgan fingerprint density at radius 1 is 0.897 bits per heavy atom. The summed E-state index contributed by atoms with van der Waals surface area (Å²) in [6.07, 6.45) is 9.21. The lowest BCUT2D eigenvalue weighted by Gasteiger charge is -2.28. The van der Waals surface area contributed by atoms with Crippen LogP contribution >= 0.6 is 0 Å². The summed E-state index contributed by atoms with van der Waals surface area (Å²) in [6, 6.07) is 19.8. The molecule has 2 aromatic carbocycles. The highest BCUT2D eigenvalue weighted by molar-refractivity contribution is 5.81. The standard InChI is InChI=1S/C29H24N8O2/c38-29-31-19-32-37(29)24-11-6-21(7-12-24)26-17-30-27(35-13-15-39-16-14-35)28-34-23(18-36(26)28)10-9-22-8-5-20-3-1-2-4-25(20)33-22/h1-12,17-19H,13-16H2,(H,31,32,38)/b10-9+. The van der Waals surface area contributed by atoms with Gasteiger partial charge in [-0.1, -0.05) is 36.4 Å². The molecular weight excluding hydrogens is 492 g/mol. The van der Waals surface area contributed by atoms with E-state index in [0.29, 0.717) is 18.9 Å². The molecule has 1 aliphatic rings. The summed E-state index contributed by atoms with van der Waals surface area (Å²) in [4.78, 5) is 31.3. The number of aromatic amines is 1. The topological polar surface area (TPSA) is 106 Å². The number of rotatable bonds is 5. The first-order chi connectivity index (χ1) is 19.2. The van der Waals surface area contributed by atoms with Crippen LogP contribution in [0, 0.1) is 0 Å². The Balaban J connectivity index is 1.29. The number of aromatic nitrogens is 7. The molecule has 1 saturated heterocycles. The van der Waals surface area contributed by atoms with E-state index in [9.17, 15) is 4.79 Å². The molecule has 0 spiro atoms. The summed E-state index contributed by atoms with van der Waals surface area (Å²) >= 11 is 0. The highest BCUT2D eigenvalue weighted by Gasteiger charge is 2.19. The summed E-state index contributed by atoms with van der Waals surface area (Å²) in [5.74, 6) is 0.824. The van der Waals surface area contributed by atoms with E-state index in [1.807, 2.05) is 73.1 Å². The number of hydrogen-bond acceptors (Lipinski definition) is 7. The van der Waals surface area contributed by atoms with Crippen molar-refractivity contribution in [3.8, 4) is 16.9 Å². The van der Waals surface area contributed by atoms with Crippen LogP contribution < -0.4 is 10.6 Å². The fourth-order valence-electron chi connectivity index (χ4n) is 4.83. The normalized spacial score (nSPS) is 14.1. The summed E-state index contributed by atoms with van der Waals surface area (Å²) in [5.41, 5.74) is 5.61. The Kier molecular flexibility index (Phi) is 5.71. The van der Waals surface area contributed by atoms with Crippen molar-refractivity contribution in [1.82, 2.24) is 34.1 Å². The number of fused-ring (bicyclic) bond motifs is 2. The van der Waals surface area contributed by atoms with Crippen molar-refractivity contribution in [2.45, 2.75) is 0 Å². The molecule has 5 heterocycles. The van der Waals surface area contributed by atoms with Crippen molar-refractivity contribution in [3.05, 3.63) is 101 Å². The van der Waals surface area contributed by atoms with E-state index in [2.05, 4.69) is 31.5 Å². The van der Waals surface area contributed by atoms with Crippen LogP contribution in [0.4, 0.5) is 5.82 Å². The molecule has 0 atom stereocenters. The smallest absolute Gasteiger partial charge is 0.347 e. The number of para-hydroxylation sites is 1. The Labute approximate surface area is 222 Å². The van der Waals surface area contributed by atoms with E-state index in [1.54, 1.807) is 0 Å². The second-order valence-electron chi connectivity index (χ2n) is 9.24. The predicted octanol–water partition coefficient (Wildman–Crippen LogP) is 3.83. The lowest BCUT2D eigenvalue weighted by Crippen LogP contribution is -2.37. The van der Waals surface area contributed by atoms with Crippen LogP contribution in [0.25, 0.3) is 45.6 Å². The van der Waals surface area contributed by atoms with Gasteiger partial charge < -0.3 is 9.64 Å². The number of morpholine rings is 1. The number of ether oxygens (including phenoxy) is 1. The van der Waals surface area contributed by atoms with Crippen molar-refractivity contribution in [2.24, 2.45) is 0 Å². The van der Waals surface area contributed by atoms with Gasteiger partial charge in [-0.15, -0.1) is 0 Å². The first-order valence-electron chi connectivity index (χ1n) is 12.7. The van der Waals surface area contributed by atoms with E-state index >= 15 is 0 Å². The number of nitrogens with zero attached hydrogens (tertiary/aromatic N) is 7. The Morgan fingerprint density at radius 3 is 2.54 bits per heavy atom. The molecule has 0 saturated carbocycles. The number of nitrogens with one attached hydrogen (secondary N) is 1. The average Bonchev–Trinajstić information content (AvgIpc) is 3.62. The molecule has 39 heavy (non-hydrogen) atoms. The molecular formula is C29H24N8O2. The summed E-state index contributed by atoms with van der Waals surface area (Å²) in [7, 11) is 0. The quantitative estimate of drug-likeness (QED) is 0.371. The van der Waals surface area contributed by atoms with Gasteiger partial charge in [-0.25, -0.2) is 19.7 Å². The molecule has 6 aromatic rings. The van der Waals surface area contributed by atoms with Crippen molar-refractivity contribution < 1.29 is 4.74 Å². The fraction of sp³-hybridized carbons (Fsp3) is 0.138. The molecule has 192 valence electrons. The molecule has 0 radical (unpaired) electrons. The molecule has 1 N–H and O–H groups in total. The molecule has 0 amide bonds. The van der Waals surface area contributed by atoms with E-state index in [-0.39, 0.29) is 5.69 Å². The minimum Gasteiger partial charge on any atom is -0.378 e. The monoisotopic (exact) mass is 516 g/mol. The third-order valence-electron chi connectivity index (χ3n) is 6.81. The van der Waals surface area contributed by atoms with Crippen LogP contribution in [0.2, 0.25) is 0 Å². The van der Waals surface area contributed by atoms with Crippen LogP contribution in [0.15, 0.2) is 84.2 Å². The second-order valence-corrected chi connectivity index (χ2v) is 9.24. The van der Waals surface area contributed by atoms with E-state index in [0.717, 1.165) is 58.1 Å². The van der Waals surface area contributed by atoms with Gasteiger partial charge in [0, 0.05) is 30.2 Å². The van der Waals surface area contributed by atoms with Gasteiger partial charge in [-0.05, 0) is 36.4 Å². The molecule has 0 unspecified atom stereocenters. The largest absolute Gasteiger partial charge is 0.378 e. The zero-order valence-electron chi connectivity index (χ0n) is 20.9. The van der Waals surface area contributed by atoms with Gasteiger partial charge in [-0.2, -0.15) is 9.78 Å². The van der Waals surface area contributed by atoms with Crippen molar-refractivity contribution >= 4 is 34.5 Å². The van der Waals surface area contributed by atoms with Gasteiger partial charge in [-0.3, -0.25) is 9.38 Å². The molecule has 0 aliphatic carbocycles. The number of imidazole rings is 1. The molecule has 10 nitrogen and oxygen atoms in total. The van der Waals surface area contributed by atoms with Gasteiger partial charge in [0.2, 0.25) is 0 Å². The molecule has 1 fully saturated rings. The zero-order valence-corrected chi connectivity index (χ0v) is 20.9. The van der Waals surface area contributed by atoms with Crippen LogP contribution in [0.3, 0.4) is 0 Å². The lowest BCUT2D eigenvalue weighted by atomic mass is 10.1. The first-order valence-corrected chi connectivity index (χ1v) is 12.7. The molecule has 1 aliphatic heterocycles. The minimum atomic E-state index is -0.284. The number of anilines is 1. The lowest BCUT2D eigenvalue weighted by molar-refractivity contribution is 0.122. The number of benzene rings is 2. The van der Waals surface area contributed by atoms with Crippen molar-refractivity contribution in [3.63, 3.8) is 0 Å². The maximum absolute atomic E-state index is 12.0. The highest BCUT2D eigenvalue weighted by atomic mass is 16.5. The fourth-order valence-corrected chi connectivity index (χ4v) is 4.83. The predicted molar refractivity (Wildman–Crippen MR) is 150 cm³/mol. The Bertz CT molecular complexity index is 1880. The van der Waals surface area contributed by atoms with Crippen LogP contribution in [-0.4, -0.2) is 60.4 Å². The summed E-state index contributed by atoms with van der Waals surface area (Å²) < 4.78 is 8.94. The van der Waals surface area contributed by atoms with Gasteiger partial charge in [0.1, 0.15) is 6.33 Å². The Hall–Kier alpha value is -5.09. The third kappa shape index (κ3) is 4.36. The highest BCUT2D eigenvalue weighted by Crippen LogP contribution is 2.28. The number of H-pyrrole nitrogens is 1. The molecule has 0 bridgehead atoms. The van der Waals surface area contributed by atoms with E-state index < -0.39 is 0 Å². The summed E-state index contributed by atoms with van der Waals surface area (Å²) in [6.45, 7) is 2.83. The van der Waals surface area contributed by atoms with Crippen LogP contribution in [0.1, 0.15) is 11.4 Å². The van der Waals surface area contributed by atoms with Crippen LogP contribution in [0.5, 0.6) is 0 Å². The molecule has 4 aromatic heterocycles. The SMILES string of the molecule is O=c1[nH]cnn1-c1ccc(-c2cnc(N3CCOCC3)c3nc(/C=C/c4ccc5ccccc5n4)cn23)cc1. The molecule has 7 rings (SSSR count). The number of pyridine rings is 1. The number of hydrogen-bond donors (Lipinski definition) is 1. The van der Waals surface area contributed by atoms with Gasteiger partial charge in [0.05, 0.1) is 47.7 Å². The van der Waals surface area contributed by atoms with Crippen molar-refractivity contribution in [1.29, 1.82) is 0 Å². The van der Waals surface area contributed by atoms with Crippen LogP contribution in [-0.2, 0) is 4.74 Å². The maximum Gasteiger partial charge on any atom is 0.347 e. The average molecular weight is 517 g/mol. The van der Waals surface area contributed by atoms with Gasteiger partial charge >= 0.3 is 5.69 Å². The second kappa shape index (κ2) is 9.66. The maximum atomic E-state index is 12.0. The van der Waals surface area contributed by atoms with Crippen molar-refractivity contribution in [2.75, 3.05) is 31.2 Å². The van der Waals surface area contributed by atoms with E-state index in [4.69, 9.17) is 19.7 Å². The zero-order chi connectivity index (χ0) is 26.2. The van der Waals surface area contributed by atoms with Gasteiger partial charge in [0.15, 0.2) is 11.5 Å². The Morgan fingerprint density at radius 2 is 1.72 bits per heavy atom. The minimum absolute atomic E-state index is 0.284. The van der Waals surface area contributed by atoms with E-state index in [1.165, 1.54) is 11.0 Å².